The molecule has 0 spiro atoms. The van der Waals surface area contributed by atoms with E-state index >= 15 is 0 Å². The van der Waals surface area contributed by atoms with Gasteiger partial charge in [0.25, 0.3) is 0 Å². The van der Waals surface area contributed by atoms with Crippen LogP contribution < -0.4 is 15.5 Å². The molecule has 2 aliphatic heterocycles. The lowest BCUT2D eigenvalue weighted by molar-refractivity contribution is -0.134. The van der Waals surface area contributed by atoms with Crippen molar-refractivity contribution in [1.29, 1.82) is 0 Å². The molecule has 3 amide bonds. The SMILES string of the molecule is O=C1CCC(c2c(F)cc(N3CC(NC(=O)OCC4CCC4)C3)cc2F)C(=O)N1. The second-order valence-electron chi connectivity index (χ2n) is 7.97. The van der Waals surface area contributed by atoms with Gasteiger partial charge in [-0.1, -0.05) is 6.42 Å². The fourth-order valence-corrected chi connectivity index (χ4v) is 3.90. The van der Waals surface area contributed by atoms with Gasteiger partial charge in [0, 0.05) is 30.8 Å². The molecule has 1 aromatic rings. The molecule has 0 bridgehead atoms. The topological polar surface area (TPSA) is 87.7 Å². The van der Waals surface area contributed by atoms with Crippen molar-refractivity contribution in [1.82, 2.24) is 10.6 Å². The number of halogens is 2. The maximum Gasteiger partial charge on any atom is 0.407 e. The Labute approximate surface area is 166 Å². The van der Waals surface area contributed by atoms with E-state index in [0.717, 1.165) is 12.8 Å². The summed E-state index contributed by atoms with van der Waals surface area (Å²) in [6.07, 6.45) is 3.03. The highest BCUT2D eigenvalue weighted by molar-refractivity contribution is 6.01. The molecule has 2 heterocycles. The van der Waals surface area contributed by atoms with Crippen LogP contribution in [0.25, 0.3) is 0 Å². The summed E-state index contributed by atoms with van der Waals surface area (Å²) in [5.41, 5.74) is 0.0328. The Bertz CT molecular complexity index is 814. The summed E-state index contributed by atoms with van der Waals surface area (Å²) >= 11 is 0. The largest absolute Gasteiger partial charge is 0.449 e. The first-order valence-corrected chi connectivity index (χ1v) is 9.91. The summed E-state index contributed by atoms with van der Waals surface area (Å²) in [6.45, 7) is 1.25. The number of amides is 3. The van der Waals surface area contributed by atoms with Crippen LogP contribution in [0.15, 0.2) is 12.1 Å². The molecule has 1 aliphatic carbocycles. The van der Waals surface area contributed by atoms with E-state index in [-0.39, 0.29) is 24.4 Å². The highest BCUT2D eigenvalue weighted by Crippen LogP contribution is 2.33. The molecule has 3 fully saturated rings. The molecule has 0 radical (unpaired) electrons. The van der Waals surface area contributed by atoms with Crippen molar-refractivity contribution in [3.8, 4) is 0 Å². The van der Waals surface area contributed by atoms with Crippen LogP contribution in [0.5, 0.6) is 0 Å². The number of anilines is 1. The lowest BCUT2D eigenvalue weighted by Crippen LogP contribution is -2.59. The van der Waals surface area contributed by atoms with Crippen LogP contribution in [0.2, 0.25) is 0 Å². The van der Waals surface area contributed by atoms with Crippen molar-refractivity contribution in [2.45, 2.75) is 44.1 Å². The maximum absolute atomic E-state index is 14.6. The lowest BCUT2D eigenvalue weighted by atomic mass is 9.86. The van der Waals surface area contributed by atoms with E-state index in [2.05, 4.69) is 10.6 Å². The highest BCUT2D eigenvalue weighted by atomic mass is 19.1. The van der Waals surface area contributed by atoms with Gasteiger partial charge in [0.15, 0.2) is 0 Å². The van der Waals surface area contributed by atoms with E-state index in [0.29, 0.717) is 31.3 Å². The predicted molar refractivity (Wildman–Crippen MR) is 99.3 cm³/mol. The molecule has 156 valence electrons. The van der Waals surface area contributed by atoms with E-state index < -0.39 is 35.5 Å². The van der Waals surface area contributed by atoms with Gasteiger partial charge in [-0.05, 0) is 37.3 Å². The Morgan fingerprint density at radius 2 is 1.86 bits per heavy atom. The van der Waals surface area contributed by atoms with Crippen LogP contribution in [-0.4, -0.2) is 43.6 Å². The van der Waals surface area contributed by atoms with Gasteiger partial charge in [-0.15, -0.1) is 0 Å². The van der Waals surface area contributed by atoms with E-state index in [1.807, 2.05) is 0 Å². The highest BCUT2D eigenvalue weighted by Gasteiger charge is 2.34. The normalized spacial score (nSPS) is 22.6. The van der Waals surface area contributed by atoms with Crippen molar-refractivity contribution in [3.63, 3.8) is 0 Å². The van der Waals surface area contributed by atoms with Crippen LogP contribution in [0.4, 0.5) is 19.3 Å². The molecule has 1 saturated carbocycles. The molecule has 4 rings (SSSR count). The Hall–Kier alpha value is -2.71. The fraction of sp³-hybridized carbons (Fsp3) is 0.550. The smallest absolute Gasteiger partial charge is 0.407 e. The van der Waals surface area contributed by atoms with Crippen LogP contribution in [0, 0.1) is 17.6 Å². The number of alkyl carbamates (subject to hydrolysis) is 1. The van der Waals surface area contributed by atoms with Crippen LogP contribution in [0.1, 0.15) is 43.6 Å². The number of carbonyl (C=O) groups is 3. The molecule has 0 aromatic heterocycles. The Kier molecular flexibility index (Phi) is 5.38. The molecule has 2 saturated heterocycles. The predicted octanol–water partition coefficient (Wildman–Crippen LogP) is 2.20. The summed E-state index contributed by atoms with van der Waals surface area (Å²) in [6, 6.07) is 2.23. The monoisotopic (exact) mass is 407 g/mol. The summed E-state index contributed by atoms with van der Waals surface area (Å²) < 4.78 is 34.4. The van der Waals surface area contributed by atoms with Crippen molar-refractivity contribution >= 4 is 23.6 Å². The average Bonchev–Trinajstić information content (AvgIpc) is 2.57. The van der Waals surface area contributed by atoms with Gasteiger partial charge in [0.2, 0.25) is 11.8 Å². The molecule has 1 aromatic carbocycles. The third-order valence-corrected chi connectivity index (χ3v) is 5.90. The molecule has 29 heavy (non-hydrogen) atoms. The molecular weight excluding hydrogens is 384 g/mol. The van der Waals surface area contributed by atoms with Crippen molar-refractivity contribution in [2.24, 2.45) is 5.92 Å². The van der Waals surface area contributed by atoms with Crippen LogP contribution >= 0.6 is 0 Å². The van der Waals surface area contributed by atoms with Crippen molar-refractivity contribution in [2.75, 3.05) is 24.6 Å². The minimum Gasteiger partial charge on any atom is -0.449 e. The molecule has 9 heteroatoms. The van der Waals surface area contributed by atoms with Crippen molar-refractivity contribution in [3.05, 3.63) is 29.3 Å². The summed E-state index contributed by atoms with van der Waals surface area (Å²) in [7, 11) is 0. The van der Waals surface area contributed by atoms with Crippen LogP contribution in [0.3, 0.4) is 0 Å². The number of carbonyl (C=O) groups excluding carboxylic acids is 3. The van der Waals surface area contributed by atoms with E-state index in [9.17, 15) is 23.2 Å². The molecule has 3 aliphatic rings. The minimum absolute atomic E-state index is 0.0490. The molecular formula is C20H23F2N3O4. The third kappa shape index (κ3) is 4.18. The second-order valence-corrected chi connectivity index (χ2v) is 7.97. The zero-order chi connectivity index (χ0) is 20.5. The van der Waals surface area contributed by atoms with Gasteiger partial charge in [0.1, 0.15) is 11.6 Å². The van der Waals surface area contributed by atoms with Gasteiger partial charge in [-0.2, -0.15) is 0 Å². The number of benzene rings is 1. The molecule has 2 N–H and O–H groups in total. The maximum atomic E-state index is 14.6. The summed E-state index contributed by atoms with van der Waals surface area (Å²) in [5, 5.41) is 4.86. The van der Waals surface area contributed by atoms with Gasteiger partial charge >= 0.3 is 6.09 Å². The molecule has 1 unspecified atom stereocenters. The molecule has 7 nitrogen and oxygen atoms in total. The number of imide groups is 1. The Morgan fingerprint density at radius 1 is 1.17 bits per heavy atom. The van der Waals surface area contributed by atoms with E-state index in [1.165, 1.54) is 18.6 Å². The fourth-order valence-electron chi connectivity index (χ4n) is 3.90. The van der Waals surface area contributed by atoms with Gasteiger partial charge in [0.05, 0.1) is 18.6 Å². The van der Waals surface area contributed by atoms with Gasteiger partial charge < -0.3 is 15.0 Å². The summed E-state index contributed by atoms with van der Waals surface area (Å²) in [4.78, 5) is 36.7. The number of rotatable bonds is 5. The number of ether oxygens (including phenoxy) is 1. The second kappa shape index (κ2) is 7.96. The van der Waals surface area contributed by atoms with E-state index in [1.54, 1.807) is 4.90 Å². The first-order chi connectivity index (χ1) is 13.9. The quantitative estimate of drug-likeness (QED) is 0.731. The van der Waals surface area contributed by atoms with Gasteiger partial charge in [-0.25, -0.2) is 13.6 Å². The van der Waals surface area contributed by atoms with Gasteiger partial charge in [-0.3, -0.25) is 14.9 Å². The average molecular weight is 407 g/mol. The van der Waals surface area contributed by atoms with Crippen LogP contribution in [-0.2, 0) is 14.3 Å². The number of piperidine rings is 1. The van der Waals surface area contributed by atoms with E-state index in [4.69, 9.17) is 4.74 Å². The third-order valence-electron chi connectivity index (χ3n) is 5.90. The lowest BCUT2D eigenvalue weighted by Gasteiger charge is -2.41. The number of nitrogens with one attached hydrogen (secondary N) is 2. The number of hydrogen-bond acceptors (Lipinski definition) is 5. The molecule has 1 atom stereocenters. The first kappa shape index (κ1) is 19.6. The Morgan fingerprint density at radius 3 is 2.45 bits per heavy atom. The Balaban J connectivity index is 1.32. The summed E-state index contributed by atoms with van der Waals surface area (Å²) in [5.74, 6) is -3.29. The zero-order valence-corrected chi connectivity index (χ0v) is 15.9. The standard InChI is InChI=1S/C20H23F2N3O4/c21-15-6-13(7-16(22)18(15)14-4-5-17(26)24-19(14)27)25-8-12(9-25)23-20(28)29-10-11-2-1-3-11/h6-7,11-12,14H,1-5,8-10H2,(H,23,28)(H,24,26,27). The first-order valence-electron chi connectivity index (χ1n) is 9.91. The van der Waals surface area contributed by atoms with Crippen molar-refractivity contribution < 1.29 is 27.9 Å². The minimum atomic E-state index is -1.02. The number of nitrogens with zero attached hydrogens (tertiary/aromatic N) is 1. The number of hydrogen-bond donors (Lipinski definition) is 2. The zero-order valence-electron chi connectivity index (χ0n) is 15.9.